The van der Waals surface area contributed by atoms with Gasteiger partial charge in [0.1, 0.15) is 0 Å². The second-order valence-electron chi connectivity index (χ2n) is 3.78. The van der Waals surface area contributed by atoms with E-state index in [-0.39, 0.29) is 17.2 Å². The second kappa shape index (κ2) is 5.70. The number of ether oxygens (including phenoxy) is 2. The monoisotopic (exact) mass is 299 g/mol. The van der Waals surface area contributed by atoms with Crippen molar-refractivity contribution < 1.29 is 32.5 Å². The number of nitrogens with zero attached hydrogens (tertiary/aromatic N) is 1. The minimum Gasteiger partial charge on any atom is -0.478 e. The average molecular weight is 299 g/mol. The molecule has 110 valence electrons. The van der Waals surface area contributed by atoms with E-state index in [2.05, 4.69) is 9.72 Å². The molecule has 0 bridgehead atoms. The van der Waals surface area contributed by atoms with Crippen molar-refractivity contribution in [1.82, 2.24) is 4.98 Å². The molecule has 0 aliphatic heterocycles. The highest BCUT2D eigenvalue weighted by atomic mass is 19.4. The van der Waals surface area contributed by atoms with E-state index in [0.717, 1.165) is 12.1 Å². The topological polar surface area (TPSA) is 68.7 Å². The molecule has 0 fully saturated rings. The molecule has 1 N–H and O–H groups in total. The number of rotatable bonds is 4. The van der Waals surface area contributed by atoms with Gasteiger partial charge in [0.15, 0.2) is 11.5 Å². The number of aromatic carboxylic acids is 1. The molecule has 0 aliphatic rings. The molecule has 0 amide bonds. The SMILES string of the molecule is O=C(O)c1ccnc(Oc2ccccc2OC(F)(F)F)c1. The van der Waals surface area contributed by atoms with Crippen LogP contribution in [0.3, 0.4) is 0 Å². The first kappa shape index (κ1) is 14.6. The van der Waals surface area contributed by atoms with E-state index in [1.807, 2.05) is 0 Å². The summed E-state index contributed by atoms with van der Waals surface area (Å²) in [6, 6.07) is 7.43. The van der Waals surface area contributed by atoms with Crippen molar-refractivity contribution in [3.63, 3.8) is 0 Å². The summed E-state index contributed by atoms with van der Waals surface area (Å²) in [6.07, 6.45) is -3.69. The molecular formula is C13H8F3NO4. The lowest BCUT2D eigenvalue weighted by Crippen LogP contribution is -2.17. The number of para-hydroxylation sites is 2. The van der Waals surface area contributed by atoms with E-state index >= 15 is 0 Å². The Morgan fingerprint density at radius 2 is 1.81 bits per heavy atom. The van der Waals surface area contributed by atoms with Crippen LogP contribution in [0.15, 0.2) is 42.6 Å². The maximum Gasteiger partial charge on any atom is 0.573 e. The number of carboxylic acids is 1. The van der Waals surface area contributed by atoms with E-state index in [9.17, 15) is 18.0 Å². The highest BCUT2D eigenvalue weighted by Gasteiger charge is 2.32. The number of alkyl halides is 3. The third kappa shape index (κ3) is 4.10. The zero-order valence-corrected chi connectivity index (χ0v) is 10.3. The van der Waals surface area contributed by atoms with E-state index < -0.39 is 18.1 Å². The van der Waals surface area contributed by atoms with Gasteiger partial charge in [-0.05, 0) is 18.2 Å². The van der Waals surface area contributed by atoms with Crippen molar-refractivity contribution >= 4 is 5.97 Å². The van der Waals surface area contributed by atoms with Gasteiger partial charge in [0, 0.05) is 12.3 Å². The molecule has 0 aliphatic carbocycles. The summed E-state index contributed by atoms with van der Waals surface area (Å²) in [7, 11) is 0. The molecule has 0 atom stereocenters. The number of carboxylic acid groups (broad SMARTS) is 1. The van der Waals surface area contributed by atoms with Crippen LogP contribution in [0, 0.1) is 0 Å². The fraction of sp³-hybridized carbons (Fsp3) is 0.0769. The number of aromatic nitrogens is 1. The molecule has 21 heavy (non-hydrogen) atoms. The zero-order valence-electron chi connectivity index (χ0n) is 10.3. The Morgan fingerprint density at radius 1 is 1.14 bits per heavy atom. The summed E-state index contributed by atoms with van der Waals surface area (Å²) in [5.74, 6) is -2.15. The molecule has 5 nitrogen and oxygen atoms in total. The summed E-state index contributed by atoms with van der Waals surface area (Å²) in [5, 5.41) is 8.83. The van der Waals surface area contributed by atoms with Gasteiger partial charge in [-0.15, -0.1) is 13.2 Å². The summed E-state index contributed by atoms with van der Waals surface area (Å²) >= 11 is 0. The summed E-state index contributed by atoms with van der Waals surface area (Å²) in [5.41, 5.74) is -0.103. The Hall–Kier alpha value is -2.77. The number of benzene rings is 1. The summed E-state index contributed by atoms with van der Waals surface area (Å²) in [4.78, 5) is 14.5. The number of pyridine rings is 1. The molecule has 1 aromatic carbocycles. The van der Waals surface area contributed by atoms with Crippen molar-refractivity contribution in [2.45, 2.75) is 6.36 Å². The van der Waals surface area contributed by atoms with Crippen LogP contribution >= 0.6 is 0 Å². The van der Waals surface area contributed by atoms with Crippen LogP contribution in [-0.4, -0.2) is 22.4 Å². The Bertz CT molecular complexity index is 658. The average Bonchev–Trinajstić information content (AvgIpc) is 2.40. The number of carbonyl (C=O) groups is 1. The third-order valence-electron chi connectivity index (χ3n) is 2.27. The first-order valence-corrected chi connectivity index (χ1v) is 5.57. The minimum absolute atomic E-state index is 0.103. The van der Waals surface area contributed by atoms with Crippen LogP contribution in [0.25, 0.3) is 0 Å². The number of halogens is 3. The van der Waals surface area contributed by atoms with Gasteiger partial charge in [-0.3, -0.25) is 0 Å². The van der Waals surface area contributed by atoms with E-state index in [1.54, 1.807) is 0 Å². The van der Waals surface area contributed by atoms with Crippen molar-refractivity contribution in [1.29, 1.82) is 0 Å². The fourth-order valence-corrected chi connectivity index (χ4v) is 1.45. The smallest absolute Gasteiger partial charge is 0.478 e. The third-order valence-corrected chi connectivity index (χ3v) is 2.27. The lowest BCUT2D eigenvalue weighted by atomic mass is 10.3. The van der Waals surface area contributed by atoms with Gasteiger partial charge < -0.3 is 14.6 Å². The molecule has 0 unspecified atom stereocenters. The predicted molar refractivity (Wildman–Crippen MR) is 64.4 cm³/mol. The van der Waals surface area contributed by atoms with Crippen LogP contribution in [-0.2, 0) is 0 Å². The van der Waals surface area contributed by atoms with Crippen LogP contribution < -0.4 is 9.47 Å². The van der Waals surface area contributed by atoms with Gasteiger partial charge in [-0.1, -0.05) is 12.1 Å². The van der Waals surface area contributed by atoms with E-state index in [1.165, 1.54) is 30.5 Å². The van der Waals surface area contributed by atoms with Gasteiger partial charge in [0.05, 0.1) is 5.56 Å². The number of hydrogen-bond donors (Lipinski definition) is 1. The Morgan fingerprint density at radius 3 is 2.43 bits per heavy atom. The van der Waals surface area contributed by atoms with E-state index in [0.29, 0.717) is 0 Å². The molecule has 1 aromatic heterocycles. The molecule has 8 heteroatoms. The van der Waals surface area contributed by atoms with Gasteiger partial charge in [0.25, 0.3) is 0 Å². The summed E-state index contributed by atoms with van der Waals surface area (Å²) in [6.45, 7) is 0. The molecule has 0 radical (unpaired) electrons. The fourth-order valence-electron chi connectivity index (χ4n) is 1.45. The van der Waals surface area contributed by atoms with E-state index in [4.69, 9.17) is 9.84 Å². The second-order valence-corrected chi connectivity index (χ2v) is 3.78. The number of hydrogen-bond acceptors (Lipinski definition) is 4. The van der Waals surface area contributed by atoms with Crippen LogP contribution in [0.5, 0.6) is 17.4 Å². The highest BCUT2D eigenvalue weighted by Crippen LogP contribution is 2.34. The normalized spacial score (nSPS) is 11.0. The largest absolute Gasteiger partial charge is 0.573 e. The standard InChI is InChI=1S/C13H8F3NO4/c14-13(15,16)21-10-4-2-1-3-9(10)20-11-7-8(12(18)19)5-6-17-11/h1-7H,(H,18,19). The lowest BCUT2D eigenvalue weighted by Gasteiger charge is -2.13. The molecule has 0 saturated heterocycles. The minimum atomic E-state index is -4.87. The Kier molecular flexibility index (Phi) is 3.97. The maximum absolute atomic E-state index is 12.3. The lowest BCUT2D eigenvalue weighted by molar-refractivity contribution is -0.275. The maximum atomic E-state index is 12.3. The quantitative estimate of drug-likeness (QED) is 0.936. The van der Waals surface area contributed by atoms with Crippen molar-refractivity contribution in [3.05, 3.63) is 48.2 Å². The molecular weight excluding hydrogens is 291 g/mol. The molecule has 0 spiro atoms. The predicted octanol–water partition coefficient (Wildman–Crippen LogP) is 3.47. The van der Waals surface area contributed by atoms with Crippen LogP contribution in [0.2, 0.25) is 0 Å². The van der Waals surface area contributed by atoms with Crippen molar-refractivity contribution in [2.75, 3.05) is 0 Å². The van der Waals surface area contributed by atoms with Crippen molar-refractivity contribution in [2.24, 2.45) is 0 Å². The van der Waals surface area contributed by atoms with Gasteiger partial charge in [0.2, 0.25) is 5.88 Å². The van der Waals surface area contributed by atoms with Gasteiger partial charge in [-0.25, -0.2) is 9.78 Å². The first-order chi connectivity index (χ1) is 9.85. The van der Waals surface area contributed by atoms with Gasteiger partial charge in [-0.2, -0.15) is 0 Å². The molecule has 0 saturated carbocycles. The molecule has 2 aromatic rings. The highest BCUT2D eigenvalue weighted by molar-refractivity contribution is 5.87. The van der Waals surface area contributed by atoms with Crippen LogP contribution in [0.1, 0.15) is 10.4 Å². The van der Waals surface area contributed by atoms with Crippen LogP contribution in [0.4, 0.5) is 13.2 Å². The Labute approximate surface area is 116 Å². The zero-order chi connectivity index (χ0) is 15.5. The first-order valence-electron chi connectivity index (χ1n) is 5.57. The molecule has 2 rings (SSSR count). The van der Waals surface area contributed by atoms with Gasteiger partial charge >= 0.3 is 12.3 Å². The van der Waals surface area contributed by atoms with Crippen molar-refractivity contribution in [3.8, 4) is 17.4 Å². The Balaban J connectivity index is 2.27. The molecule has 1 heterocycles. The summed E-state index contributed by atoms with van der Waals surface area (Å²) < 4.78 is 45.7.